The van der Waals surface area contributed by atoms with E-state index in [-0.39, 0.29) is 6.04 Å². The summed E-state index contributed by atoms with van der Waals surface area (Å²) in [5, 5.41) is 7.85. The minimum Gasteiger partial charge on any atom is -0.500 e. The van der Waals surface area contributed by atoms with E-state index in [1.807, 2.05) is 6.08 Å². The van der Waals surface area contributed by atoms with Gasteiger partial charge in [-0.3, -0.25) is 0 Å². The van der Waals surface area contributed by atoms with Crippen LogP contribution in [0.4, 0.5) is 0 Å². The molecule has 5 rings (SSSR count). The molecule has 0 saturated heterocycles. The second-order valence-electron chi connectivity index (χ2n) is 11.8. The lowest BCUT2D eigenvalue weighted by atomic mass is 9.87. The Morgan fingerprint density at radius 1 is 0.932 bits per heavy atom. The second kappa shape index (κ2) is 14.4. The van der Waals surface area contributed by atoms with Crippen LogP contribution in [0.2, 0.25) is 5.02 Å². The van der Waals surface area contributed by atoms with Gasteiger partial charge < -0.3 is 15.4 Å². The van der Waals surface area contributed by atoms with Gasteiger partial charge in [-0.15, -0.1) is 0 Å². The number of halogens is 1. The normalized spacial score (nSPS) is 13.3. The third-order valence-corrected chi connectivity index (χ3v) is 9.62. The van der Waals surface area contributed by atoms with Crippen molar-refractivity contribution in [2.75, 3.05) is 13.7 Å². The number of benzene rings is 4. The maximum atomic E-state index is 6.86. The Hall–Kier alpha value is -3.63. The molecule has 0 amide bonds. The summed E-state index contributed by atoms with van der Waals surface area (Å²) in [6.07, 6.45) is 5.69. The maximum Gasteiger partial charge on any atom is 0.105 e. The predicted octanol–water partition coefficient (Wildman–Crippen LogP) is 9.39. The first kappa shape index (κ1) is 31.8. The van der Waals surface area contributed by atoms with Gasteiger partial charge >= 0.3 is 0 Å². The summed E-state index contributed by atoms with van der Waals surface area (Å²) in [5.74, 6) is 0.742. The third kappa shape index (κ3) is 6.86. The molecule has 0 radical (unpaired) electrons. The molecule has 4 aromatic carbocycles. The fraction of sp³-hybridized carbons (Fsp3) is 0.300. The third-order valence-electron chi connectivity index (χ3n) is 9.26. The van der Waals surface area contributed by atoms with Gasteiger partial charge in [0.05, 0.1) is 13.2 Å². The lowest BCUT2D eigenvalue weighted by molar-refractivity contribution is 0.249. The van der Waals surface area contributed by atoms with Crippen LogP contribution >= 0.6 is 11.6 Å². The number of hydrogen-bond acceptors (Lipinski definition) is 3. The summed E-state index contributed by atoms with van der Waals surface area (Å²) in [6.45, 7) is 17.4. The Morgan fingerprint density at radius 3 is 2.41 bits per heavy atom. The molecule has 44 heavy (non-hydrogen) atoms. The largest absolute Gasteiger partial charge is 0.500 e. The summed E-state index contributed by atoms with van der Waals surface area (Å²) in [5.41, 5.74) is 15.4. The summed E-state index contributed by atoms with van der Waals surface area (Å²) < 4.78 is 5.36. The Kier molecular flexibility index (Phi) is 10.4. The van der Waals surface area contributed by atoms with Gasteiger partial charge in [-0.05, 0) is 131 Å². The molecule has 4 aromatic rings. The number of aryl methyl sites for hydroxylation is 2. The molecular weight excluding hydrogens is 560 g/mol. The zero-order chi connectivity index (χ0) is 31.2. The van der Waals surface area contributed by atoms with Crippen LogP contribution in [0.3, 0.4) is 0 Å². The maximum absolute atomic E-state index is 6.86. The van der Waals surface area contributed by atoms with Crippen LogP contribution < -0.4 is 10.6 Å². The predicted molar refractivity (Wildman–Crippen MR) is 188 cm³/mol. The van der Waals surface area contributed by atoms with Crippen molar-refractivity contribution in [2.45, 2.75) is 65.6 Å². The molecule has 1 aliphatic heterocycles. The first-order valence-corrected chi connectivity index (χ1v) is 16.1. The highest BCUT2D eigenvalue weighted by Gasteiger charge is 2.16. The molecule has 228 valence electrons. The van der Waals surface area contributed by atoms with Gasteiger partial charge in [-0.2, -0.15) is 0 Å². The highest BCUT2D eigenvalue weighted by atomic mass is 35.5. The topological polar surface area (TPSA) is 33.3 Å². The molecule has 0 saturated carbocycles. The average molecular weight is 605 g/mol. The zero-order valence-electron chi connectivity index (χ0n) is 26.7. The molecule has 1 aliphatic rings. The standard InChI is InChI=1S/C40H45ClN2O/c1-7-29-21-33(39(41)23-35(29)25-43-40(8-2)28(5)44-6)18-15-30-11-9-13-37(26(30)3)38-14-10-12-36(27(38)4)32-17-16-31-19-20-42-24-34(31)22-32/h7,9-14,16-17,21-23,40,42-43H,1,5,8,15,18-20,24-25H2,2-4,6H3. The van der Waals surface area contributed by atoms with E-state index in [0.717, 1.165) is 66.2 Å². The summed E-state index contributed by atoms with van der Waals surface area (Å²) >= 11 is 6.86. The Bertz CT molecular complexity index is 1670. The number of nitrogens with one attached hydrogen (secondary N) is 2. The number of ether oxygens (including phenoxy) is 1. The van der Waals surface area contributed by atoms with Crippen LogP contribution in [0, 0.1) is 13.8 Å². The Labute approximate surface area is 269 Å². The van der Waals surface area contributed by atoms with Crippen LogP contribution in [0.25, 0.3) is 28.3 Å². The van der Waals surface area contributed by atoms with E-state index in [1.165, 1.54) is 50.1 Å². The summed E-state index contributed by atoms with van der Waals surface area (Å²) in [7, 11) is 1.66. The molecule has 1 heterocycles. The van der Waals surface area contributed by atoms with E-state index in [0.29, 0.717) is 6.54 Å². The lowest BCUT2D eigenvalue weighted by Gasteiger charge is -2.20. The second-order valence-corrected chi connectivity index (χ2v) is 12.2. The monoisotopic (exact) mass is 604 g/mol. The van der Waals surface area contributed by atoms with E-state index >= 15 is 0 Å². The molecule has 4 heteroatoms. The molecular formula is C40H45ClN2O. The van der Waals surface area contributed by atoms with Gasteiger partial charge in [-0.25, -0.2) is 0 Å². The molecule has 1 unspecified atom stereocenters. The van der Waals surface area contributed by atoms with Crippen molar-refractivity contribution >= 4 is 17.7 Å². The summed E-state index contributed by atoms with van der Waals surface area (Å²) in [4.78, 5) is 0. The van der Waals surface area contributed by atoms with Crippen molar-refractivity contribution in [3.05, 3.63) is 135 Å². The smallest absolute Gasteiger partial charge is 0.105 e. The van der Waals surface area contributed by atoms with Gasteiger partial charge in [0.2, 0.25) is 0 Å². The van der Waals surface area contributed by atoms with E-state index in [2.05, 4.69) is 111 Å². The number of rotatable bonds is 12. The molecule has 0 fully saturated rings. The highest BCUT2D eigenvalue weighted by Crippen LogP contribution is 2.36. The van der Waals surface area contributed by atoms with Crippen molar-refractivity contribution in [1.29, 1.82) is 0 Å². The molecule has 0 bridgehead atoms. The molecule has 0 aliphatic carbocycles. The average Bonchev–Trinajstić information content (AvgIpc) is 3.05. The van der Waals surface area contributed by atoms with Crippen LogP contribution in [0.15, 0.2) is 85.6 Å². The van der Waals surface area contributed by atoms with Gasteiger partial charge in [0.1, 0.15) is 5.76 Å². The van der Waals surface area contributed by atoms with Crippen LogP contribution in [0.1, 0.15) is 57.9 Å². The van der Waals surface area contributed by atoms with Crippen LogP contribution in [-0.4, -0.2) is 19.7 Å². The molecule has 3 nitrogen and oxygen atoms in total. The fourth-order valence-corrected chi connectivity index (χ4v) is 6.76. The molecule has 1 atom stereocenters. The van der Waals surface area contributed by atoms with Crippen molar-refractivity contribution in [1.82, 2.24) is 10.6 Å². The van der Waals surface area contributed by atoms with Crippen molar-refractivity contribution < 1.29 is 4.74 Å². The van der Waals surface area contributed by atoms with E-state index in [4.69, 9.17) is 16.3 Å². The van der Waals surface area contributed by atoms with Crippen molar-refractivity contribution in [2.24, 2.45) is 0 Å². The lowest BCUT2D eigenvalue weighted by Crippen LogP contribution is -2.30. The minimum atomic E-state index is 0.0889. The number of methoxy groups -OCH3 is 1. The van der Waals surface area contributed by atoms with Crippen molar-refractivity contribution in [3.63, 3.8) is 0 Å². The highest BCUT2D eigenvalue weighted by molar-refractivity contribution is 6.31. The number of fused-ring (bicyclic) bond motifs is 1. The molecule has 0 spiro atoms. The van der Waals surface area contributed by atoms with Crippen molar-refractivity contribution in [3.8, 4) is 22.3 Å². The molecule has 2 N–H and O–H groups in total. The Balaban J connectivity index is 1.36. The van der Waals surface area contributed by atoms with E-state index in [9.17, 15) is 0 Å². The van der Waals surface area contributed by atoms with Gasteiger partial charge in [0.25, 0.3) is 0 Å². The van der Waals surface area contributed by atoms with Gasteiger partial charge in [-0.1, -0.05) is 86.3 Å². The quantitative estimate of drug-likeness (QED) is 0.158. The Morgan fingerprint density at radius 2 is 1.66 bits per heavy atom. The zero-order valence-corrected chi connectivity index (χ0v) is 27.4. The SMILES string of the molecule is C=Cc1cc(CCc2cccc(-c3cccc(-c4ccc5c(c4)CNCC5)c3C)c2C)c(Cl)cc1CNC(CC)C(=C)OC. The van der Waals surface area contributed by atoms with Crippen LogP contribution in [-0.2, 0) is 37.1 Å². The van der Waals surface area contributed by atoms with Crippen LogP contribution in [0.5, 0.6) is 0 Å². The first-order chi connectivity index (χ1) is 21.3. The van der Waals surface area contributed by atoms with E-state index in [1.54, 1.807) is 7.11 Å². The first-order valence-electron chi connectivity index (χ1n) is 15.8. The van der Waals surface area contributed by atoms with Gasteiger partial charge in [0, 0.05) is 18.1 Å². The summed E-state index contributed by atoms with van der Waals surface area (Å²) in [6, 6.07) is 24.8. The molecule has 0 aromatic heterocycles. The van der Waals surface area contributed by atoms with Gasteiger partial charge in [0.15, 0.2) is 0 Å². The minimum absolute atomic E-state index is 0.0889. The van der Waals surface area contributed by atoms with E-state index < -0.39 is 0 Å². The number of hydrogen-bond donors (Lipinski definition) is 2. The fourth-order valence-electron chi connectivity index (χ4n) is 6.48.